The van der Waals surface area contributed by atoms with Crippen molar-refractivity contribution in [2.45, 2.75) is 89.1 Å². The summed E-state index contributed by atoms with van der Waals surface area (Å²) in [5.74, 6) is 0.0150. The number of benzene rings is 3. The number of aromatic amines is 1. The monoisotopic (exact) mass is 843 g/mol. The Hall–Kier alpha value is -5.58. The van der Waals surface area contributed by atoms with Crippen LogP contribution in [0.1, 0.15) is 77.6 Å². The molecule has 3 heterocycles. The van der Waals surface area contributed by atoms with Gasteiger partial charge in [0, 0.05) is 48.2 Å². The number of sulfonamides is 1. The lowest BCUT2D eigenvalue weighted by Crippen LogP contribution is -2.47. The van der Waals surface area contributed by atoms with Gasteiger partial charge in [0.2, 0.25) is 15.9 Å². The lowest BCUT2D eigenvalue weighted by Gasteiger charge is -2.33. The zero-order valence-electron chi connectivity index (χ0n) is 35.3. The van der Waals surface area contributed by atoms with Gasteiger partial charge >= 0.3 is 5.69 Å². The molecule has 322 valence electrons. The van der Waals surface area contributed by atoms with E-state index in [9.17, 15) is 22.4 Å². The highest BCUT2D eigenvalue weighted by Gasteiger charge is 2.32. The Balaban J connectivity index is 0.000000228. The molecule has 1 fully saturated rings. The van der Waals surface area contributed by atoms with Gasteiger partial charge in [-0.25, -0.2) is 17.6 Å². The average molecular weight is 844 g/mol. The number of amides is 1. The van der Waals surface area contributed by atoms with Crippen molar-refractivity contribution in [1.82, 2.24) is 29.5 Å². The molecule has 0 radical (unpaired) electrons. The number of fused-ring (bicyclic) bond motifs is 1. The Labute approximate surface area is 351 Å². The van der Waals surface area contributed by atoms with E-state index in [1.807, 2.05) is 42.5 Å². The van der Waals surface area contributed by atoms with Crippen LogP contribution in [0.5, 0.6) is 5.75 Å². The molecule has 3 aromatic carbocycles. The molecule has 0 atom stereocenters. The highest BCUT2D eigenvalue weighted by atomic mass is 32.2. The van der Waals surface area contributed by atoms with Crippen LogP contribution >= 0.6 is 0 Å². The normalized spacial score (nSPS) is 13.7. The minimum Gasteiger partial charge on any atom is -0.492 e. The number of aliphatic imine (C=N–C) groups is 1. The molecule has 60 heavy (non-hydrogen) atoms. The maximum Gasteiger partial charge on any atom is 0.354 e. The van der Waals surface area contributed by atoms with Gasteiger partial charge in [0.25, 0.3) is 0 Å². The lowest BCUT2D eigenvalue weighted by molar-refractivity contribution is -0.121. The maximum absolute atomic E-state index is 13.5. The lowest BCUT2D eigenvalue weighted by atomic mass is 9.87. The van der Waals surface area contributed by atoms with Gasteiger partial charge < -0.3 is 31.8 Å². The molecule has 0 aliphatic carbocycles. The summed E-state index contributed by atoms with van der Waals surface area (Å²) in [6.07, 6.45) is 3.52. The van der Waals surface area contributed by atoms with Gasteiger partial charge in [0.05, 0.1) is 17.1 Å². The predicted octanol–water partition coefficient (Wildman–Crippen LogP) is 5.24. The fourth-order valence-corrected chi connectivity index (χ4v) is 8.24. The summed E-state index contributed by atoms with van der Waals surface area (Å²) >= 11 is 0. The summed E-state index contributed by atoms with van der Waals surface area (Å²) in [5, 5.41) is 6.97. The number of guanidine groups is 1. The summed E-state index contributed by atoms with van der Waals surface area (Å²) in [7, 11) is -3.66. The molecule has 16 heteroatoms. The molecule has 0 bridgehead atoms. The Morgan fingerprint density at radius 3 is 2.22 bits per heavy atom. The van der Waals surface area contributed by atoms with Crippen LogP contribution in [0.15, 0.2) is 99.7 Å². The minimum atomic E-state index is -3.66. The third-order valence-corrected chi connectivity index (χ3v) is 12.1. The van der Waals surface area contributed by atoms with Gasteiger partial charge in [0.15, 0.2) is 5.96 Å². The number of ether oxygens (including phenoxy) is 1. The van der Waals surface area contributed by atoms with E-state index >= 15 is 0 Å². The molecule has 1 amide bonds. The van der Waals surface area contributed by atoms with Crippen molar-refractivity contribution in [3.05, 3.63) is 118 Å². The van der Waals surface area contributed by atoms with Crippen LogP contribution in [-0.4, -0.2) is 78.0 Å². The van der Waals surface area contributed by atoms with E-state index in [0.717, 1.165) is 48.1 Å². The first-order chi connectivity index (χ1) is 28.3. The van der Waals surface area contributed by atoms with Crippen molar-refractivity contribution in [2.24, 2.45) is 16.5 Å². The van der Waals surface area contributed by atoms with E-state index < -0.39 is 10.0 Å². The number of carbonyl (C=O) groups is 1. The van der Waals surface area contributed by atoms with Gasteiger partial charge in [-0.2, -0.15) is 9.29 Å². The Kier molecular flexibility index (Phi) is 14.9. The number of piperidine rings is 1. The van der Waals surface area contributed by atoms with Gasteiger partial charge in [-0.05, 0) is 97.1 Å². The first kappa shape index (κ1) is 45.5. The predicted molar refractivity (Wildman–Crippen MR) is 234 cm³/mol. The minimum absolute atomic E-state index is 0.0319. The fourth-order valence-electron chi connectivity index (χ4n) is 6.57. The largest absolute Gasteiger partial charge is 0.492 e. The van der Waals surface area contributed by atoms with Gasteiger partial charge in [-0.15, -0.1) is 0 Å². The quantitative estimate of drug-likeness (QED) is 0.0777. The molecule has 5 aromatic rings. The summed E-state index contributed by atoms with van der Waals surface area (Å²) in [5.41, 5.74) is 14.3. The van der Waals surface area contributed by atoms with E-state index in [1.54, 1.807) is 34.8 Å². The van der Waals surface area contributed by atoms with Crippen molar-refractivity contribution in [2.75, 3.05) is 32.8 Å². The van der Waals surface area contributed by atoms with Crippen LogP contribution in [-0.2, 0) is 32.2 Å². The van der Waals surface area contributed by atoms with Crippen molar-refractivity contribution in [3.8, 4) is 11.4 Å². The van der Waals surface area contributed by atoms with Crippen molar-refractivity contribution in [1.29, 1.82) is 0 Å². The standard InChI is InChI=1S/C23H31FN2O3S.C21H27N7O2/c1-23(2,3)18-4-10-22(11-5-18)30(27,28)26(20-12-14-25-15-13-20)16-17-29-21-8-6-19(24)7-9-21;1-21(2,3)16-10-14-12-28(20(30)27-18(14)26-16)15-6-4-13(5-7-15)11-25-17(29)8-9-24-19(22)23/h4-11,20,25H,12-17H2,1-3H3;4-7,10,12H,8-9,11H2,1-3H3,(H,25,29)(H4,22,23,24)(H,26,27,30). The van der Waals surface area contributed by atoms with Crippen LogP contribution in [0, 0.1) is 5.82 Å². The summed E-state index contributed by atoms with van der Waals surface area (Å²) in [6.45, 7) is 15.3. The molecule has 14 nitrogen and oxygen atoms in total. The van der Waals surface area contributed by atoms with E-state index in [-0.39, 0.29) is 66.4 Å². The van der Waals surface area contributed by atoms with Crippen molar-refractivity contribution in [3.63, 3.8) is 0 Å². The summed E-state index contributed by atoms with van der Waals surface area (Å²) < 4.78 is 48.8. The highest BCUT2D eigenvalue weighted by molar-refractivity contribution is 7.89. The number of hydrogen-bond donors (Lipinski definition) is 5. The van der Waals surface area contributed by atoms with Gasteiger partial charge in [0.1, 0.15) is 23.8 Å². The van der Waals surface area contributed by atoms with Crippen LogP contribution in [0.3, 0.4) is 0 Å². The highest BCUT2D eigenvalue weighted by Crippen LogP contribution is 2.28. The number of H-pyrrole nitrogens is 1. The zero-order chi connectivity index (χ0) is 43.7. The molecular weight excluding hydrogens is 786 g/mol. The molecule has 2 aromatic heterocycles. The number of nitrogens with two attached hydrogens (primary N) is 2. The van der Waals surface area contributed by atoms with Crippen LogP contribution < -0.4 is 32.5 Å². The number of aromatic nitrogens is 3. The van der Waals surface area contributed by atoms with Crippen LogP contribution in [0.25, 0.3) is 16.7 Å². The average Bonchev–Trinajstić information content (AvgIpc) is 3.63. The number of halogens is 1. The van der Waals surface area contributed by atoms with Crippen molar-refractivity contribution >= 4 is 32.9 Å². The van der Waals surface area contributed by atoms with Gasteiger partial charge in [-0.1, -0.05) is 65.8 Å². The third kappa shape index (κ3) is 12.5. The SMILES string of the molecule is CC(C)(C)c1cc2cn(-c3ccc(CNC(=O)CCN=C(N)N)cc3)c(=O)nc2[nH]1.CC(C)(C)c1ccc(S(=O)(=O)N(CCOc2ccc(F)cc2)C2CCNCC2)cc1. The van der Waals surface area contributed by atoms with Crippen LogP contribution in [0.4, 0.5) is 4.39 Å². The molecule has 1 aliphatic heterocycles. The maximum atomic E-state index is 13.5. The molecular formula is C44H58FN9O5S. The van der Waals surface area contributed by atoms with Gasteiger partial charge in [-0.3, -0.25) is 14.4 Å². The second-order valence-electron chi connectivity index (χ2n) is 16.8. The zero-order valence-corrected chi connectivity index (χ0v) is 36.1. The number of nitrogens with one attached hydrogen (secondary N) is 3. The smallest absolute Gasteiger partial charge is 0.354 e. The Morgan fingerprint density at radius 1 is 0.967 bits per heavy atom. The van der Waals surface area contributed by atoms with Crippen molar-refractivity contribution < 1.29 is 22.3 Å². The Bertz CT molecular complexity index is 2390. The van der Waals surface area contributed by atoms with E-state index in [4.69, 9.17) is 16.2 Å². The molecule has 0 saturated carbocycles. The third-order valence-electron chi connectivity index (χ3n) is 10.1. The molecule has 6 rings (SSSR count). The first-order valence-corrected chi connectivity index (χ1v) is 21.5. The summed E-state index contributed by atoms with van der Waals surface area (Å²) in [6, 6.07) is 22.2. The molecule has 1 aliphatic rings. The molecule has 7 N–H and O–H groups in total. The number of nitrogens with zero attached hydrogens (tertiary/aromatic N) is 4. The van der Waals surface area contributed by atoms with E-state index in [2.05, 4.69) is 67.1 Å². The molecule has 0 spiro atoms. The number of hydrogen-bond acceptors (Lipinski definition) is 8. The second-order valence-corrected chi connectivity index (χ2v) is 18.7. The number of rotatable bonds is 13. The topological polar surface area (TPSA) is 203 Å². The van der Waals surface area contributed by atoms with E-state index in [1.165, 1.54) is 16.7 Å². The molecule has 0 unspecified atom stereocenters. The van der Waals surface area contributed by atoms with E-state index in [0.29, 0.717) is 28.5 Å². The van der Waals surface area contributed by atoms with Crippen LogP contribution in [0.2, 0.25) is 0 Å². The summed E-state index contributed by atoms with van der Waals surface area (Å²) in [4.78, 5) is 35.8. The second kappa shape index (κ2) is 19.7. The molecule has 1 saturated heterocycles. The Morgan fingerprint density at radius 2 is 1.62 bits per heavy atom. The fraction of sp³-hybridized carbons (Fsp3) is 0.409. The first-order valence-electron chi connectivity index (χ1n) is 20.1. The number of carbonyl (C=O) groups excluding carboxylic acids is 1.